The predicted molar refractivity (Wildman–Crippen MR) is 111 cm³/mol. The molecule has 0 amide bonds. The molecular formula is C21H25F3N2O4S. The Hall–Kier alpha value is -2.46. The van der Waals surface area contributed by atoms with Crippen LogP contribution in [0.3, 0.4) is 0 Å². The number of sulfonamides is 1. The highest BCUT2D eigenvalue weighted by molar-refractivity contribution is 7.89. The Labute approximate surface area is 179 Å². The van der Waals surface area contributed by atoms with E-state index in [-0.39, 0.29) is 4.90 Å². The fourth-order valence-corrected chi connectivity index (χ4v) is 5.23. The second-order valence-electron chi connectivity index (χ2n) is 7.54. The molecule has 2 aromatic carbocycles. The molecule has 1 aliphatic rings. The van der Waals surface area contributed by atoms with Gasteiger partial charge in [-0.25, -0.2) is 8.42 Å². The van der Waals surface area contributed by atoms with E-state index in [2.05, 4.69) is 5.32 Å². The summed E-state index contributed by atoms with van der Waals surface area (Å²) in [5.74, 6) is 0.944. The van der Waals surface area contributed by atoms with Gasteiger partial charge in [0.25, 0.3) is 0 Å². The number of halogens is 3. The van der Waals surface area contributed by atoms with Crippen molar-refractivity contribution in [3.63, 3.8) is 0 Å². The van der Waals surface area contributed by atoms with E-state index >= 15 is 0 Å². The molecule has 0 bridgehead atoms. The Morgan fingerprint density at radius 1 is 1.00 bits per heavy atom. The summed E-state index contributed by atoms with van der Waals surface area (Å²) in [4.78, 5) is -0.136. The van der Waals surface area contributed by atoms with Gasteiger partial charge in [-0.1, -0.05) is 17.7 Å². The molecule has 2 N–H and O–H groups in total. The predicted octanol–water partition coefficient (Wildman–Crippen LogP) is 4.09. The van der Waals surface area contributed by atoms with Crippen LogP contribution in [0.2, 0.25) is 0 Å². The number of anilines is 1. The quantitative estimate of drug-likeness (QED) is 0.682. The maximum atomic E-state index is 13.6. The first-order chi connectivity index (χ1) is 14.5. The van der Waals surface area contributed by atoms with Crippen molar-refractivity contribution in [3.05, 3.63) is 47.0 Å². The van der Waals surface area contributed by atoms with Gasteiger partial charge in [0.05, 0.1) is 18.1 Å². The van der Waals surface area contributed by atoms with Crippen LogP contribution in [0.25, 0.3) is 0 Å². The van der Waals surface area contributed by atoms with Crippen LogP contribution in [0.4, 0.5) is 18.9 Å². The zero-order chi connectivity index (χ0) is 22.8. The van der Waals surface area contributed by atoms with Crippen molar-refractivity contribution in [2.45, 2.75) is 44.3 Å². The summed E-state index contributed by atoms with van der Waals surface area (Å²) in [7, 11) is -4.40. The Bertz CT molecular complexity index is 1030. The summed E-state index contributed by atoms with van der Waals surface area (Å²) in [5.41, 5.74) is 1.97. The lowest BCUT2D eigenvalue weighted by Gasteiger charge is -2.24. The second kappa shape index (κ2) is 8.96. The molecule has 1 heterocycles. The lowest BCUT2D eigenvalue weighted by molar-refractivity contribution is -0.148. The molecule has 0 aliphatic carbocycles. The van der Waals surface area contributed by atoms with Gasteiger partial charge in [0.15, 0.2) is 11.5 Å². The molecule has 0 radical (unpaired) electrons. The molecule has 0 aromatic heterocycles. The Morgan fingerprint density at radius 2 is 1.61 bits per heavy atom. The lowest BCUT2D eigenvalue weighted by atomic mass is 10.1. The average molecular weight is 459 g/mol. The fourth-order valence-electron chi connectivity index (χ4n) is 3.55. The Morgan fingerprint density at radius 3 is 2.23 bits per heavy atom. The third-order valence-corrected chi connectivity index (χ3v) is 6.60. The number of alkyl halides is 3. The van der Waals surface area contributed by atoms with Crippen LogP contribution in [0.1, 0.15) is 23.1 Å². The van der Waals surface area contributed by atoms with E-state index in [0.717, 1.165) is 5.56 Å². The molecule has 2 aromatic rings. The van der Waals surface area contributed by atoms with Crippen molar-refractivity contribution in [2.75, 3.05) is 25.1 Å². The van der Waals surface area contributed by atoms with Crippen molar-refractivity contribution < 1.29 is 31.1 Å². The molecule has 31 heavy (non-hydrogen) atoms. The number of hydrogen-bond acceptors (Lipinski definition) is 5. The number of aryl methyl sites for hydroxylation is 3. The van der Waals surface area contributed by atoms with Crippen LogP contribution >= 0.6 is 0 Å². The van der Waals surface area contributed by atoms with Gasteiger partial charge in [0.1, 0.15) is 6.04 Å². The SMILES string of the molecule is Cc1cc(C)c(S(=O)(=O)NC(CNc2ccc3c(c2)OCCCO3)C(F)(F)F)c(C)c1. The van der Waals surface area contributed by atoms with E-state index in [1.54, 1.807) is 45.0 Å². The number of nitrogens with one attached hydrogen (secondary N) is 2. The number of fused-ring (bicyclic) bond motifs is 1. The van der Waals surface area contributed by atoms with E-state index in [4.69, 9.17) is 9.47 Å². The first-order valence-corrected chi connectivity index (χ1v) is 11.3. The third-order valence-electron chi connectivity index (χ3n) is 4.82. The van der Waals surface area contributed by atoms with Crippen molar-refractivity contribution in [2.24, 2.45) is 0 Å². The maximum Gasteiger partial charge on any atom is 0.406 e. The van der Waals surface area contributed by atoms with Gasteiger partial charge in [0, 0.05) is 24.7 Å². The molecule has 0 fully saturated rings. The standard InChI is InChI=1S/C21H25F3N2O4S/c1-13-9-14(2)20(15(3)10-13)31(27,28)26-19(21(22,23)24)12-25-16-5-6-17-18(11-16)30-8-4-7-29-17/h5-6,9-11,19,25-26H,4,7-8,12H2,1-3H3. The molecule has 1 unspecified atom stereocenters. The van der Waals surface area contributed by atoms with Crippen LogP contribution in [-0.2, 0) is 10.0 Å². The highest BCUT2D eigenvalue weighted by Crippen LogP contribution is 2.33. The fraction of sp³-hybridized carbons (Fsp3) is 0.429. The Balaban J connectivity index is 1.80. The van der Waals surface area contributed by atoms with E-state index in [1.165, 1.54) is 6.07 Å². The summed E-state index contributed by atoms with van der Waals surface area (Å²) in [5, 5.41) is 2.65. The molecule has 6 nitrogen and oxygen atoms in total. The maximum absolute atomic E-state index is 13.6. The highest BCUT2D eigenvalue weighted by atomic mass is 32.2. The molecule has 1 atom stereocenters. The number of hydrogen-bond donors (Lipinski definition) is 2. The lowest BCUT2D eigenvalue weighted by Crippen LogP contribution is -2.49. The van der Waals surface area contributed by atoms with Gasteiger partial charge in [-0.3, -0.25) is 0 Å². The molecule has 170 valence electrons. The van der Waals surface area contributed by atoms with Gasteiger partial charge in [-0.05, 0) is 44.0 Å². The molecule has 1 aliphatic heterocycles. The van der Waals surface area contributed by atoms with Crippen molar-refractivity contribution >= 4 is 15.7 Å². The minimum absolute atomic E-state index is 0.136. The van der Waals surface area contributed by atoms with Crippen molar-refractivity contribution in [1.29, 1.82) is 0 Å². The van der Waals surface area contributed by atoms with Gasteiger partial charge < -0.3 is 14.8 Å². The summed E-state index contributed by atoms with van der Waals surface area (Å²) < 4.78 is 79.4. The van der Waals surface area contributed by atoms with E-state index < -0.39 is 28.8 Å². The van der Waals surface area contributed by atoms with Gasteiger partial charge in [-0.2, -0.15) is 17.9 Å². The summed E-state index contributed by atoms with van der Waals surface area (Å²) in [6.45, 7) is 5.17. The second-order valence-corrected chi connectivity index (χ2v) is 9.19. The van der Waals surface area contributed by atoms with Crippen LogP contribution in [0.5, 0.6) is 11.5 Å². The topological polar surface area (TPSA) is 76.7 Å². The van der Waals surface area contributed by atoms with Gasteiger partial charge >= 0.3 is 6.18 Å². The molecule has 10 heteroatoms. The molecule has 0 saturated carbocycles. The smallest absolute Gasteiger partial charge is 0.406 e. The summed E-state index contributed by atoms with van der Waals surface area (Å²) in [6.07, 6.45) is -4.09. The molecular weight excluding hydrogens is 433 g/mol. The Kier molecular flexibility index (Phi) is 6.70. The van der Waals surface area contributed by atoms with Gasteiger partial charge in [0.2, 0.25) is 10.0 Å². The minimum atomic E-state index is -4.79. The van der Waals surface area contributed by atoms with Crippen LogP contribution < -0.4 is 19.5 Å². The minimum Gasteiger partial charge on any atom is -0.490 e. The number of ether oxygens (including phenoxy) is 2. The normalized spacial score (nSPS) is 15.3. The van der Waals surface area contributed by atoms with Crippen molar-refractivity contribution in [3.8, 4) is 11.5 Å². The number of benzene rings is 2. The van der Waals surface area contributed by atoms with Gasteiger partial charge in [-0.15, -0.1) is 0 Å². The average Bonchev–Trinajstić information content (AvgIpc) is 2.88. The highest BCUT2D eigenvalue weighted by Gasteiger charge is 2.42. The first kappa shape index (κ1) is 23.2. The monoisotopic (exact) mass is 458 g/mol. The van der Waals surface area contributed by atoms with E-state index in [1.807, 2.05) is 4.72 Å². The number of rotatable bonds is 6. The zero-order valence-electron chi connectivity index (χ0n) is 17.5. The van der Waals surface area contributed by atoms with Crippen LogP contribution in [0, 0.1) is 20.8 Å². The van der Waals surface area contributed by atoms with Crippen molar-refractivity contribution in [1.82, 2.24) is 4.72 Å². The summed E-state index contributed by atoms with van der Waals surface area (Å²) in [6, 6.07) is 5.63. The molecule has 0 spiro atoms. The van der Waals surface area contributed by atoms with Crippen LogP contribution in [-0.4, -0.2) is 40.4 Å². The first-order valence-electron chi connectivity index (χ1n) is 9.78. The molecule has 0 saturated heterocycles. The van der Waals surface area contributed by atoms with Crippen LogP contribution in [0.15, 0.2) is 35.2 Å². The molecule has 3 rings (SSSR count). The van der Waals surface area contributed by atoms with E-state index in [9.17, 15) is 21.6 Å². The third kappa shape index (κ3) is 5.62. The zero-order valence-corrected chi connectivity index (χ0v) is 18.3. The van der Waals surface area contributed by atoms with E-state index in [0.29, 0.717) is 47.9 Å². The largest absolute Gasteiger partial charge is 0.490 e. The summed E-state index contributed by atoms with van der Waals surface area (Å²) >= 11 is 0.